The standard InChI is InChI=1S/C15H20N2S/c1-11(2)15(13-7-5-4-6-8-13)16-9-14-12(3)17-10-18-14/h4-8,10-11,15-16H,9H2,1-3H3. The van der Waals surface area contributed by atoms with Crippen molar-refractivity contribution in [2.24, 2.45) is 5.92 Å². The molecule has 0 amide bonds. The third-order valence-electron chi connectivity index (χ3n) is 3.15. The topological polar surface area (TPSA) is 24.9 Å². The number of aromatic nitrogens is 1. The first kappa shape index (κ1) is 13.2. The average Bonchev–Trinajstić information content (AvgIpc) is 2.76. The Balaban J connectivity index is 2.06. The van der Waals surface area contributed by atoms with Crippen LogP contribution in [0.25, 0.3) is 0 Å². The molecule has 0 radical (unpaired) electrons. The fraction of sp³-hybridized carbons (Fsp3) is 0.400. The van der Waals surface area contributed by atoms with E-state index in [1.165, 1.54) is 10.4 Å². The molecule has 0 spiro atoms. The van der Waals surface area contributed by atoms with Gasteiger partial charge in [-0.2, -0.15) is 0 Å². The number of hydrogen-bond acceptors (Lipinski definition) is 3. The Hall–Kier alpha value is -1.19. The molecule has 0 aliphatic rings. The van der Waals surface area contributed by atoms with Gasteiger partial charge in [0.1, 0.15) is 0 Å². The summed E-state index contributed by atoms with van der Waals surface area (Å²) in [4.78, 5) is 5.62. The van der Waals surface area contributed by atoms with E-state index in [-0.39, 0.29) is 0 Å². The highest BCUT2D eigenvalue weighted by molar-refractivity contribution is 7.09. The van der Waals surface area contributed by atoms with Gasteiger partial charge in [0.25, 0.3) is 0 Å². The minimum atomic E-state index is 0.396. The summed E-state index contributed by atoms with van der Waals surface area (Å²) in [5.41, 5.74) is 4.41. The number of hydrogen-bond donors (Lipinski definition) is 1. The van der Waals surface area contributed by atoms with E-state index in [0.717, 1.165) is 12.2 Å². The maximum atomic E-state index is 4.29. The summed E-state index contributed by atoms with van der Waals surface area (Å²) in [5.74, 6) is 0.570. The van der Waals surface area contributed by atoms with Gasteiger partial charge in [-0.05, 0) is 18.4 Å². The summed E-state index contributed by atoms with van der Waals surface area (Å²) in [5, 5.41) is 3.65. The molecule has 2 rings (SSSR count). The first-order valence-corrected chi connectivity index (χ1v) is 7.23. The van der Waals surface area contributed by atoms with E-state index in [9.17, 15) is 0 Å². The maximum Gasteiger partial charge on any atom is 0.0798 e. The lowest BCUT2D eigenvalue weighted by molar-refractivity contribution is 0.411. The fourth-order valence-electron chi connectivity index (χ4n) is 2.10. The Bertz CT molecular complexity index is 476. The Kier molecular flexibility index (Phi) is 4.50. The summed E-state index contributed by atoms with van der Waals surface area (Å²) in [6.45, 7) is 7.48. The first-order chi connectivity index (χ1) is 8.68. The summed E-state index contributed by atoms with van der Waals surface area (Å²) < 4.78 is 0. The lowest BCUT2D eigenvalue weighted by atomic mass is 9.96. The quantitative estimate of drug-likeness (QED) is 0.881. The minimum Gasteiger partial charge on any atom is -0.305 e. The number of benzene rings is 1. The third kappa shape index (κ3) is 3.18. The minimum absolute atomic E-state index is 0.396. The van der Waals surface area contributed by atoms with Gasteiger partial charge in [0, 0.05) is 17.5 Å². The Morgan fingerprint density at radius 3 is 2.50 bits per heavy atom. The number of nitrogens with zero attached hydrogens (tertiary/aromatic N) is 1. The molecule has 96 valence electrons. The highest BCUT2D eigenvalue weighted by atomic mass is 32.1. The van der Waals surface area contributed by atoms with Crippen LogP contribution in [-0.2, 0) is 6.54 Å². The largest absolute Gasteiger partial charge is 0.305 e. The molecule has 0 aliphatic heterocycles. The van der Waals surface area contributed by atoms with Crippen molar-refractivity contribution >= 4 is 11.3 Å². The molecule has 2 nitrogen and oxygen atoms in total. The van der Waals surface area contributed by atoms with Crippen molar-refractivity contribution in [3.05, 3.63) is 52.0 Å². The molecule has 1 heterocycles. The van der Waals surface area contributed by atoms with E-state index in [1.54, 1.807) is 11.3 Å². The lowest BCUT2D eigenvalue weighted by Gasteiger charge is -2.22. The van der Waals surface area contributed by atoms with Gasteiger partial charge in [-0.3, -0.25) is 0 Å². The molecule has 0 saturated heterocycles. The Morgan fingerprint density at radius 1 is 1.22 bits per heavy atom. The van der Waals surface area contributed by atoms with Gasteiger partial charge in [0.15, 0.2) is 0 Å². The van der Waals surface area contributed by atoms with Crippen molar-refractivity contribution in [2.45, 2.75) is 33.4 Å². The zero-order chi connectivity index (χ0) is 13.0. The predicted molar refractivity (Wildman–Crippen MR) is 77.7 cm³/mol. The highest BCUT2D eigenvalue weighted by Crippen LogP contribution is 2.22. The summed E-state index contributed by atoms with van der Waals surface area (Å²) in [6.07, 6.45) is 0. The smallest absolute Gasteiger partial charge is 0.0798 e. The van der Waals surface area contributed by atoms with Gasteiger partial charge in [0.05, 0.1) is 11.2 Å². The first-order valence-electron chi connectivity index (χ1n) is 6.35. The zero-order valence-electron chi connectivity index (χ0n) is 11.2. The van der Waals surface area contributed by atoms with Gasteiger partial charge in [-0.25, -0.2) is 4.98 Å². The van der Waals surface area contributed by atoms with E-state index < -0.39 is 0 Å². The second-order valence-electron chi connectivity index (χ2n) is 4.87. The zero-order valence-corrected chi connectivity index (χ0v) is 12.0. The van der Waals surface area contributed by atoms with Crippen LogP contribution in [0.4, 0.5) is 0 Å². The van der Waals surface area contributed by atoms with E-state index in [1.807, 2.05) is 5.51 Å². The fourth-order valence-corrected chi connectivity index (χ4v) is 2.83. The van der Waals surface area contributed by atoms with Crippen molar-refractivity contribution in [3.8, 4) is 0 Å². The average molecular weight is 260 g/mol. The normalized spacial score (nSPS) is 12.9. The molecule has 1 atom stereocenters. The van der Waals surface area contributed by atoms with Crippen molar-refractivity contribution in [1.29, 1.82) is 0 Å². The van der Waals surface area contributed by atoms with Crippen LogP contribution >= 0.6 is 11.3 Å². The predicted octanol–water partition coefficient (Wildman–Crippen LogP) is 3.94. The number of thiazole rings is 1. The second-order valence-corrected chi connectivity index (χ2v) is 5.81. The lowest BCUT2D eigenvalue weighted by Crippen LogP contribution is -2.25. The molecule has 0 aliphatic carbocycles. The molecule has 1 aromatic heterocycles. The van der Waals surface area contributed by atoms with E-state index in [2.05, 4.69) is 61.4 Å². The molecular weight excluding hydrogens is 240 g/mol. The van der Waals surface area contributed by atoms with Crippen LogP contribution in [0.2, 0.25) is 0 Å². The Labute approximate surface area is 113 Å². The van der Waals surface area contributed by atoms with E-state index >= 15 is 0 Å². The summed E-state index contributed by atoms with van der Waals surface area (Å²) >= 11 is 1.72. The van der Waals surface area contributed by atoms with Crippen LogP contribution in [0, 0.1) is 12.8 Å². The molecular formula is C15H20N2S. The molecule has 0 fully saturated rings. The number of rotatable bonds is 5. The molecule has 3 heteroatoms. The molecule has 2 aromatic rings. The van der Waals surface area contributed by atoms with Crippen LogP contribution in [0.3, 0.4) is 0 Å². The van der Waals surface area contributed by atoms with E-state index in [4.69, 9.17) is 0 Å². The van der Waals surface area contributed by atoms with Crippen LogP contribution in [-0.4, -0.2) is 4.98 Å². The molecule has 18 heavy (non-hydrogen) atoms. The summed E-state index contributed by atoms with van der Waals surface area (Å²) in [7, 11) is 0. The number of aryl methyl sites for hydroxylation is 1. The van der Waals surface area contributed by atoms with Crippen LogP contribution in [0.5, 0.6) is 0 Å². The van der Waals surface area contributed by atoms with E-state index in [0.29, 0.717) is 12.0 Å². The van der Waals surface area contributed by atoms with Gasteiger partial charge >= 0.3 is 0 Å². The van der Waals surface area contributed by atoms with Crippen molar-refractivity contribution in [3.63, 3.8) is 0 Å². The molecule has 0 saturated carbocycles. The SMILES string of the molecule is Cc1ncsc1CNC(c1ccccc1)C(C)C. The van der Waals surface area contributed by atoms with Crippen LogP contribution in [0.1, 0.15) is 36.0 Å². The van der Waals surface area contributed by atoms with Crippen molar-refractivity contribution in [1.82, 2.24) is 10.3 Å². The van der Waals surface area contributed by atoms with Gasteiger partial charge in [-0.1, -0.05) is 44.2 Å². The monoisotopic (exact) mass is 260 g/mol. The number of nitrogens with one attached hydrogen (secondary N) is 1. The summed E-state index contributed by atoms with van der Waals surface area (Å²) in [6, 6.07) is 11.0. The Morgan fingerprint density at radius 2 is 1.94 bits per heavy atom. The van der Waals surface area contributed by atoms with Crippen molar-refractivity contribution in [2.75, 3.05) is 0 Å². The van der Waals surface area contributed by atoms with Crippen LogP contribution in [0.15, 0.2) is 35.8 Å². The van der Waals surface area contributed by atoms with Gasteiger partial charge in [0.2, 0.25) is 0 Å². The molecule has 1 aromatic carbocycles. The third-order valence-corrected chi connectivity index (χ3v) is 4.09. The maximum absolute atomic E-state index is 4.29. The highest BCUT2D eigenvalue weighted by Gasteiger charge is 2.15. The van der Waals surface area contributed by atoms with Gasteiger partial charge < -0.3 is 5.32 Å². The van der Waals surface area contributed by atoms with Crippen molar-refractivity contribution < 1.29 is 0 Å². The molecule has 0 bridgehead atoms. The second kappa shape index (κ2) is 6.12. The molecule has 1 N–H and O–H groups in total. The van der Waals surface area contributed by atoms with Crippen LogP contribution < -0.4 is 5.32 Å². The van der Waals surface area contributed by atoms with Gasteiger partial charge in [-0.15, -0.1) is 11.3 Å². The molecule has 1 unspecified atom stereocenters.